The van der Waals surface area contributed by atoms with Crippen molar-refractivity contribution in [1.29, 1.82) is 0 Å². The molecule has 2 heterocycles. The second-order valence-corrected chi connectivity index (χ2v) is 4.58. The molecule has 3 rings (SSSR count). The summed E-state index contributed by atoms with van der Waals surface area (Å²) in [6.45, 7) is 2.09. The van der Waals surface area contributed by atoms with E-state index in [9.17, 15) is 0 Å². The van der Waals surface area contributed by atoms with E-state index in [-0.39, 0.29) is 6.17 Å². The lowest BCUT2D eigenvalue weighted by Gasteiger charge is -2.22. The first-order chi connectivity index (χ1) is 8.27. The minimum atomic E-state index is 0.0170. The largest absolute Gasteiger partial charge is 0.311 e. The van der Waals surface area contributed by atoms with Gasteiger partial charge in [0.25, 0.3) is 0 Å². The van der Waals surface area contributed by atoms with E-state index in [1.165, 1.54) is 5.56 Å². The summed E-state index contributed by atoms with van der Waals surface area (Å²) in [4.78, 5) is 0. The third-order valence-electron chi connectivity index (χ3n) is 3.38. The highest BCUT2D eigenvalue weighted by Gasteiger charge is 2.23. The van der Waals surface area contributed by atoms with Crippen LogP contribution in [0.5, 0.6) is 0 Å². The van der Waals surface area contributed by atoms with Crippen LogP contribution in [0.4, 0.5) is 0 Å². The van der Waals surface area contributed by atoms with Gasteiger partial charge in [-0.3, -0.25) is 4.57 Å². The molecule has 2 N–H and O–H groups in total. The third-order valence-corrected chi connectivity index (χ3v) is 3.38. The molecule has 0 radical (unpaired) electrons. The number of nitrogens with zero attached hydrogens (tertiary/aromatic N) is 3. The maximum atomic E-state index is 6.16. The van der Waals surface area contributed by atoms with Gasteiger partial charge in [-0.25, -0.2) is 0 Å². The van der Waals surface area contributed by atoms with Crippen LogP contribution in [0.3, 0.4) is 0 Å². The van der Waals surface area contributed by atoms with Gasteiger partial charge in [-0.15, -0.1) is 10.2 Å². The van der Waals surface area contributed by atoms with Gasteiger partial charge in [0, 0.05) is 12.0 Å². The van der Waals surface area contributed by atoms with Crippen LogP contribution in [-0.2, 0) is 6.42 Å². The molecule has 0 aliphatic carbocycles. The first kappa shape index (κ1) is 10.5. The standard InChI is InChI=1S/C13H16N4/c1-9-5-2-3-6-10(9)13-16-15-12-8-4-7-11(14)17(12)13/h2-3,5-6,11H,4,7-8,14H2,1H3. The molecule has 0 spiro atoms. The van der Waals surface area contributed by atoms with Crippen molar-refractivity contribution in [3.05, 3.63) is 35.7 Å². The van der Waals surface area contributed by atoms with Crippen LogP contribution in [0.2, 0.25) is 0 Å². The van der Waals surface area contributed by atoms with E-state index in [1.807, 2.05) is 12.1 Å². The Morgan fingerprint density at radius 2 is 2.12 bits per heavy atom. The van der Waals surface area contributed by atoms with Crippen molar-refractivity contribution in [3.8, 4) is 11.4 Å². The van der Waals surface area contributed by atoms with Gasteiger partial charge in [0.05, 0.1) is 6.17 Å². The molecule has 0 saturated heterocycles. The van der Waals surface area contributed by atoms with Crippen LogP contribution >= 0.6 is 0 Å². The van der Waals surface area contributed by atoms with Gasteiger partial charge in [0.1, 0.15) is 5.82 Å². The normalized spacial score (nSPS) is 19.1. The first-order valence-electron chi connectivity index (χ1n) is 6.03. The van der Waals surface area contributed by atoms with Gasteiger partial charge in [-0.2, -0.15) is 0 Å². The van der Waals surface area contributed by atoms with Gasteiger partial charge in [0.15, 0.2) is 5.82 Å². The van der Waals surface area contributed by atoms with E-state index in [0.717, 1.165) is 36.5 Å². The van der Waals surface area contributed by atoms with Crippen molar-refractivity contribution in [2.75, 3.05) is 0 Å². The fourth-order valence-electron chi connectivity index (χ4n) is 2.45. The van der Waals surface area contributed by atoms with Crippen molar-refractivity contribution < 1.29 is 0 Å². The summed E-state index contributed by atoms with van der Waals surface area (Å²) in [5.41, 5.74) is 8.50. The Kier molecular flexibility index (Phi) is 2.44. The Hall–Kier alpha value is -1.68. The Morgan fingerprint density at radius 3 is 2.94 bits per heavy atom. The molecule has 2 aromatic rings. The number of aromatic nitrogens is 3. The van der Waals surface area contributed by atoms with Gasteiger partial charge >= 0.3 is 0 Å². The SMILES string of the molecule is Cc1ccccc1-c1nnc2n1C(N)CCC2. The molecule has 1 unspecified atom stereocenters. The molecule has 1 atom stereocenters. The number of fused-ring (bicyclic) bond motifs is 1. The second-order valence-electron chi connectivity index (χ2n) is 4.58. The fraction of sp³-hybridized carbons (Fsp3) is 0.385. The number of benzene rings is 1. The smallest absolute Gasteiger partial charge is 0.165 e. The topological polar surface area (TPSA) is 56.7 Å². The second kappa shape index (κ2) is 3.96. The van der Waals surface area contributed by atoms with Crippen LogP contribution in [0, 0.1) is 6.92 Å². The summed E-state index contributed by atoms with van der Waals surface area (Å²) in [5, 5.41) is 8.57. The molecule has 88 valence electrons. The van der Waals surface area contributed by atoms with Crippen molar-refractivity contribution >= 4 is 0 Å². The third kappa shape index (κ3) is 1.65. The average Bonchev–Trinajstić information content (AvgIpc) is 2.75. The summed E-state index contributed by atoms with van der Waals surface area (Å²) in [6.07, 6.45) is 3.10. The molecule has 4 nitrogen and oxygen atoms in total. The Labute approximate surface area is 100 Å². The average molecular weight is 228 g/mol. The number of nitrogens with two attached hydrogens (primary N) is 1. The summed E-state index contributed by atoms with van der Waals surface area (Å²) in [6, 6.07) is 8.23. The number of rotatable bonds is 1. The molecule has 0 fully saturated rings. The summed E-state index contributed by atoms with van der Waals surface area (Å²) >= 11 is 0. The minimum absolute atomic E-state index is 0.0170. The van der Waals surface area contributed by atoms with Crippen LogP contribution in [-0.4, -0.2) is 14.8 Å². The molecule has 0 amide bonds. The van der Waals surface area contributed by atoms with E-state index in [1.54, 1.807) is 0 Å². The van der Waals surface area contributed by atoms with E-state index in [4.69, 9.17) is 5.73 Å². The van der Waals surface area contributed by atoms with Crippen molar-refractivity contribution in [1.82, 2.24) is 14.8 Å². The summed E-state index contributed by atoms with van der Waals surface area (Å²) in [5.74, 6) is 1.92. The quantitative estimate of drug-likeness (QED) is 0.812. The molecule has 4 heteroatoms. The zero-order chi connectivity index (χ0) is 11.8. The van der Waals surface area contributed by atoms with E-state index >= 15 is 0 Å². The zero-order valence-electron chi connectivity index (χ0n) is 9.93. The molecule has 1 aliphatic heterocycles. The lowest BCUT2D eigenvalue weighted by atomic mass is 10.1. The van der Waals surface area contributed by atoms with Crippen LogP contribution in [0.25, 0.3) is 11.4 Å². The lowest BCUT2D eigenvalue weighted by molar-refractivity contribution is 0.411. The Bertz CT molecular complexity index is 544. The van der Waals surface area contributed by atoms with Crippen molar-refractivity contribution in [3.63, 3.8) is 0 Å². The first-order valence-corrected chi connectivity index (χ1v) is 6.03. The molecular formula is C13H16N4. The number of hydrogen-bond donors (Lipinski definition) is 1. The van der Waals surface area contributed by atoms with Crippen molar-refractivity contribution in [2.24, 2.45) is 5.73 Å². The Balaban J connectivity index is 2.17. The van der Waals surface area contributed by atoms with Crippen LogP contribution in [0.15, 0.2) is 24.3 Å². The van der Waals surface area contributed by atoms with Gasteiger partial charge in [0.2, 0.25) is 0 Å². The molecule has 0 saturated carbocycles. The molecule has 0 bridgehead atoms. The van der Waals surface area contributed by atoms with Gasteiger partial charge in [-0.05, 0) is 25.3 Å². The predicted octanol–water partition coefficient (Wildman–Crippen LogP) is 2.05. The lowest BCUT2D eigenvalue weighted by Crippen LogP contribution is -2.25. The highest BCUT2D eigenvalue weighted by atomic mass is 15.3. The maximum absolute atomic E-state index is 6.16. The molecule has 1 aliphatic rings. The minimum Gasteiger partial charge on any atom is -0.311 e. The molecule has 17 heavy (non-hydrogen) atoms. The Morgan fingerprint density at radius 1 is 1.29 bits per heavy atom. The zero-order valence-corrected chi connectivity index (χ0v) is 9.93. The van der Waals surface area contributed by atoms with Crippen LogP contribution in [0.1, 0.15) is 30.4 Å². The van der Waals surface area contributed by atoms with E-state index < -0.39 is 0 Å². The molecular weight excluding hydrogens is 212 g/mol. The monoisotopic (exact) mass is 228 g/mol. The van der Waals surface area contributed by atoms with Crippen LogP contribution < -0.4 is 5.73 Å². The van der Waals surface area contributed by atoms with Gasteiger partial charge in [-0.1, -0.05) is 24.3 Å². The molecule has 1 aromatic heterocycles. The highest BCUT2D eigenvalue weighted by molar-refractivity contribution is 5.60. The van der Waals surface area contributed by atoms with Gasteiger partial charge < -0.3 is 5.73 Å². The maximum Gasteiger partial charge on any atom is 0.165 e. The highest BCUT2D eigenvalue weighted by Crippen LogP contribution is 2.28. The predicted molar refractivity (Wildman–Crippen MR) is 66.4 cm³/mol. The summed E-state index contributed by atoms with van der Waals surface area (Å²) < 4.78 is 2.09. The number of hydrogen-bond acceptors (Lipinski definition) is 3. The van der Waals surface area contributed by atoms with Crippen molar-refractivity contribution in [2.45, 2.75) is 32.4 Å². The summed E-state index contributed by atoms with van der Waals surface area (Å²) in [7, 11) is 0. The molecule has 1 aromatic carbocycles. The van der Waals surface area contributed by atoms with E-state index in [2.05, 4.69) is 33.8 Å². The fourth-order valence-corrected chi connectivity index (χ4v) is 2.45. The van der Waals surface area contributed by atoms with E-state index in [0.29, 0.717) is 0 Å². The number of aryl methyl sites for hydroxylation is 2.